The quantitative estimate of drug-likeness (QED) is 0.372. The molecule has 1 heterocycles. The molecule has 0 aliphatic heterocycles. The van der Waals surface area contributed by atoms with Gasteiger partial charge in [0.1, 0.15) is 6.10 Å². The van der Waals surface area contributed by atoms with E-state index < -0.39 is 0 Å². The predicted molar refractivity (Wildman–Crippen MR) is 125 cm³/mol. The molecule has 1 fully saturated rings. The standard InChI is InChI=1S/C26H32ClN2O2/c1-17(2)21-13-12-18(3)14-24(21)31-25(30)16-29-23-11-6-5-10-22(23)28(4)26(29)19-8-7-9-20(27)15-19/h5-11,15,17-18,21,24H,12-14,16H2,1-4H3/q+1/t18-,21+,24-/m1/s1. The Hall–Kier alpha value is -2.33. The number of nitrogens with zero attached hydrogens (tertiary/aromatic N) is 2. The topological polar surface area (TPSA) is 35.1 Å². The highest BCUT2D eigenvalue weighted by molar-refractivity contribution is 6.30. The van der Waals surface area contributed by atoms with Gasteiger partial charge in [-0.1, -0.05) is 57.0 Å². The number of benzene rings is 2. The Bertz CT molecular complexity index is 1090. The average Bonchev–Trinajstić information content (AvgIpc) is 2.99. The molecule has 4 nitrogen and oxygen atoms in total. The van der Waals surface area contributed by atoms with Gasteiger partial charge in [-0.05, 0) is 60.9 Å². The Morgan fingerprint density at radius 1 is 1.19 bits per heavy atom. The van der Waals surface area contributed by atoms with Crippen LogP contribution in [0.15, 0.2) is 48.5 Å². The van der Waals surface area contributed by atoms with E-state index in [0.717, 1.165) is 35.3 Å². The number of hydrogen-bond donors (Lipinski definition) is 0. The first kappa shape index (κ1) is 21.9. The van der Waals surface area contributed by atoms with Crippen molar-refractivity contribution in [1.29, 1.82) is 0 Å². The smallest absolute Gasteiger partial charge is 0.348 e. The van der Waals surface area contributed by atoms with Gasteiger partial charge >= 0.3 is 5.97 Å². The van der Waals surface area contributed by atoms with Gasteiger partial charge in [0, 0.05) is 5.02 Å². The maximum atomic E-state index is 13.2. The van der Waals surface area contributed by atoms with E-state index in [1.165, 1.54) is 6.42 Å². The van der Waals surface area contributed by atoms with Crippen molar-refractivity contribution in [1.82, 2.24) is 4.57 Å². The molecule has 1 aromatic heterocycles. The molecule has 0 N–H and O–H groups in total. The molecule has 5 heteroatoms. The molecule has 4 rings (SSSR count). The van der Waals surface area contributed by atoms with E-state index in [1.807, 2.05) is 43.4 Å². The molecule has 0 spiro atoms. The second-order valence-electron chi connectivity index (χ2n) is 9.32. The van der Waals surface area contributed by atoms with Crippen molar-refractivity contribution in [2.24, 2.45) is 24.8 Å². The van der Waals surface area contributed by atoms with Gasteiger partial charge in [0.15, 0.2) is 17.6 Å². The molecule has 1 saturated carbocycles. The van der Waals surface area contributed by atoms with Crippen molar-refractivity contribution in [3.8, 4) is 11.4 Å². The summed E-state index contributed by atoms with van der Waals surface area (Å²) in [5, 5.41) is 0.674. The van der Waals surface area contributed by atoms with Crippen LogP contribution in [0.1, 0.15) is 40.0 Å². The van der Waals surface area contributed by atoms with Crippen LogP contribution in [-0.4, -0.2) is 16.6 Å². The van der Waals surface area contributed by atoms with Crippen LogP contribution in [0.3, 0.4) is 0 Å². The number of para-hydroxylation sites is 2. The van der Waals surface area contributed by atoms with Crippen molar-refractivity contribution in [2.45, 2.75) is 52.7 Å². The van der Waals surface area contributed by atoms with E-state index in [-0.39, 0.29) is 18.6 Å². The van der Waals surface area contributed by atoms with Gasteiger partial charge < -0.3 is 4.74 Å². The fraction of sp³-hybridized carbons (Fsp3) is 0.462. The Labute approximate surface area is 189 Å². The Kier molecular flexibility index (Phi) is 6.38. The SMILES string of the molecule is CC(C)[C@@H]1CC[C@@H](C)C[C@H]1OC(=O)Cn1c(-c2cccc(Cl)c2)[n+](C)c2ccccc21. The summed E-state index contributed by atoms with van der Waals surface area (Å²) in [6.45, 7) is 6.91. The van der Waals surface area contributed by atoms with Crippen LogP contribution in [0.2, 0.25) is 5.02 Å². The van der Waals surface area contributed by atoms with Gasteiger partial charge in [-0.2, -0.15) is 0 Å². The van der Waals surface area contributed by atoms with E-state index >= 15 is 0 Å². The minimum absolute atomic E-state index is 0.00134. The van der Waals surface area contributed by atoms with Crippen LogP contribution in [0.4, 0.5) is 0 Å². The van der Waals surface area contributed by atoms with Crippen molar-refractivity contribution in [3.63, 3.8) is 0 Å². The van der Waals surface area contributed by atoms with Gasteiger partial charge in [0.05, 0.1) is 12.6 Å². The van der Waals surface area contributed by atoms with Crippen LogP contribution in [0.25, 0.3) is 22.4 Å². The van der Waals surface area contributed by atoms with Crippen LogP contribution in [0, 0.1) is 17.8 Å². The molecule has 0 unspecified atom stereocenters. The first-order chi connectivity index (χ1) is 14.8. The van der Waals surface area contributed by atoms with Crippen LogP contribution < -0.4 is 4.57 Å². The summed E-state index contributed by atoms with van der Waals surface area (Å²) in [6.07, 6.45) is 3.30. The zero-order valence-corrected chi connectivity index (χ0v) is 19.6. The molecule has 0 radical (unpaired) electrons. The Morgan fingerprint density at radius 2 is 1.97 bits per heavy atom. The number of carbonyl (C=O) groups is 1. The number of aromatic nitrogens is 2. The monoisotopic (exact) mass is 439 g/mol. The van der Waals surface area contributed by atoms with Gasteiger partial charge in [-0.15, -0.1) is 0 Å². The summed E-state index contributed by atoms with van der Waals surface area (Å²) < 4.78 is 10.3. The molecular weight excluding hydrogens is 408 g/mol. The normalized spacial score (nSPS) is 21.5. The van der Waals surface area contributed by atoms with E-state index in [2.05, 4.69) is 42.0 Å². The minimum atomic E-state index is -0.172. The molecule has 0 saturated heterocycles. The summed E-state index contributed by atoms with van der Waals surface area (Å²) in [4.78, 5) is 13.2. The second kappa shape index (κ2) is 9.04. The van der Waals surface area contributed by atoms with Gasteiger partial charge in [0.2, 0.25) is 0 Å². The maximum absolute atomic E-state index is 13.2. The first-order valence-electron chi connectivity index (χ1n) is 11.3. The van der Waals surface area contributed by atoms with Gasteiger partial charge in [0.25, 0.3) is 5.82 Å². The lowest BCUT2D eigenvalue weighted by Gasteiger charge is -2.36. The predicted octanol–water partition coefficient (Wildman–Crippen LogP) is 5.79. The lowest BCUT2D eigenvalue weighted by Crippen LogP contribution is -2.37. The number of hydrogen-bond acceptors (Lipinski definition) is 2. The molecule has 31 heavy (non-hydrogen) atoms. The number of esters is 1. The van der Waals surface area contributed by atoms with Crippen molar-refractivity contribution in [2.75, 3.05) is 0 Å². The highest BCUT2D eigenvalue weighted by atomic mass is 35.5. The molecule has 1 aliphatic rings. The number of carbonyl (C=O) groups excluding carboxylic acids is 1. The number of ether oxygens (including phenoxy) is 1. The lowest BCUT2D eigenvalue weighted by atomic mass is 9.75. The number of aryl methyl sites for hydroxylation is 1. The van der Waals surface area contributed by atoms with E-state index in [9.17, 15) is 4.79 Å². The molecule has 164 valence electrons. The number of halogens is 1. The zero-order chi connectivity index (χ0) is 22.1. The molecule has 0 amide bonds. The van der Waals surface area contributed by atoms with E-state index in [1.54, 1.807) is 0 Å². The summed E-state index contributed by atoms with van der Waals surface area (Å²) in [5.74, 6) is 2.31. The zero-order valence-electron chi connectivity index (χ0n) is 18.8. The average molecular weight is 440 g/mol. The summed E-state index contributed by atoms with van der Waals surface area (Å²) in [5.41, 5.74) is 3.05. The minimum Gasteiger partial charge on any atom is -0.459 e. The number of fused-ring (bicyclic) bond motifs is 1. The Balaban J connectivity index is 1.68. The summed E-state index contributed by atoms with van der Waals surface area (Å²) in [6, 6.07) is 15.9. The third kappa shape index (κ3) is 4.50. The summed E-state index contributed by atoms with van der Waals surface area (Å²) >= 11 is 6.28. The molecule has 3 atom stereocenters. The number of rotatable bonds is 5. The molecule has 2 aromatic carbocycles. The van der Waals surface area contributed by atoms with E-state index in [4.69, 9.17) is 16.3 Å². The molecule has 1 aliphatic carbocycles. The van der Waals surface area contributed by atoms with E-state index in [0.29, 0.717) is 22.8 Å². The number of imidazole rings is 1. The van der Waals surface area contributed by atoms with Crippen molar-refractivity contribution in [3.05, 3.63) is 53.6 Å². The highest BCUT2D eigenvalue weighted by Gasteiger charge is 2.34. The third-order valence-corrected chi connectivity index (χ3v) is 6.96. The van der Waals surface area contributed by atoms with Gasteiger partial charge in [-0.25, -0.2) is 13.9 Å². The fourth-order valence-corrected chi connectivity index (χ4v) is 5.30. The molecule has 3 aromatic rings. The van der Waals surface area contributed by atoms with Crippen LogP contribution >= 0.6 is 11.6 Å². The van der Waals surface area contributed by atoms with Crippen LogP contribution in [-0.2, 0) is 23.1 Å². The second-order valence-corrected chi connectivity index (χ2v) is 9.76. The largest absolute Gasteiger partial charge is 0.459 e. The molecule has 0 bridgehead atoms. The van der Waals surface area contributed by atoms with Crippen molar-refractivity contribution < 1.29 is 14.1 Å². The van der Waals surface area contributed by atoms with Crippen LogP contribution in [0.5, 0.6) is 0 Å². The fourth-order valence-electron chi connectivity index (χ4n) is 5.11. The molecular formula is C26H32ClN2O2+. The summed E-state index contributed by atoms with van der Waals surface area (Å²) in [7, 11) is 2.03. The van der Waals surface area contributed by atoms with Crippen molar-refractivity contribution >= 4 is 28.6 Å². The maximum Gasteiger partial charge on any atom is 0.348 e. The lowest BCUT2D eigenvalue weighted by molar-refractivity contribution is -0.634. The Morgan fingerprint density at radius 3 is 2.71 bits per heavy atom. The highest BCUT2D eigenvalue weighted by Crippen LogP contribution is 2.35. The first-order valence-corrected chi connectivity index (χ1v) is 11.7. The third-order valence-electron chi connectivity index (χ3n) is 6.72. The van der Waals surface area contributed by atoms with Gasteiger partial charge in [-0.3, -0.25) is 0 Å².